The topological polar surface area (TPSA) is 63.3 Å². The molecule has 0 aliphatic heterocycles. The van der Waals surface area contributed by atoms with Crippen molar-refractivity contribution in [1.29, 1.82) is 0 Å². The molecule has 0 radical (unpaired) electrons. The first-order chi connectivity index (χ1) is 5.10. The lowest BCUT2D eigenvalue weighted by Crippen LogP contribution is -2.56. The van der Waals surface area contributed by atoms with Crippen molar-refractivity contribution < 1.29 is 23.1 Å². The van der Waals surface area contributed by atoms with E-state index in [0.29, 0.717) is 13.8 Å². The Balaban J connectivity index is 4.73. The molecule has 0 aliphatic carbocycles. The second kappa shape index (κ2) is 2.93. The molecule has 0 fully saturated rings. The Labute approximate surface area is 67.4 Å². The van der Waals surface area contributed by atoms with Crippen molar-refractivity contribution in [3.8, 4) is 0 Å². The molecule has 0 saturated heterocycles. The molecule has 0 aromatic heterocycles. The van der Waals surface area contributed by atoms with Crippen LogP contribution in [0.1, 0.15) is 13.8 Å². The molecule has 0 spiro atoms. The third-order valence-corrected chi connectivity index (χ3v) is 1.45. The highest BCUT2D eigenvalue weighted by molar-refractivity contribution is 5.74. The Morgan fingerprint density at radius 2 is 1.75 bits per heavy atom. The summed E-state index contributed by atoms with van der Waals surface area (Å²) in [5, 5.41) is 8.11. The van der Waals surface area contributed by atoms with Gasteiger partial charge in [0, 0.05) is 0 Å². The highest BCUT2D eigenvalue weighted by Gasteiger charge is 2.55. The van der Waals surface area contributed by atoms with Gasteiger partial charge in [0.05, 0.1) is 0 Å². The maximum atomic E-state index is 12.7. The van der Waals surface area contributed by atoms with Crippen molar-refractivity contribution in [1.82, 2.24) is 0 Å². The summed E-state index contributed by atoms with van der Waals surface area (Å²) in [5.74, 6) is -6.00. The van der Waals surface area contributed by atoms with Gasteiger partial charge in [-0.2, -0.15) is 0 Å². The number of carbonyl (C=O) groups is 1. The molecule has 72 valence electrons. The van der Waals surface area contributed by atoms with E-state index in [1.807, 2.05) is 0 Å². The molecule has 1 atom stereocenters. The van der Waals surface area contributed by atoms with Crippen molar-refractivity contribution >= 4 is 5.97 Å². The van der Waals surface area contributed by atoms with Crippen LogP contribution < -0.4 is 5.73 Å². The van der Waals surface area contributed by atoms with Gasteiger partial charge in [0.1, 0.15) is 0 Å². The Kier molecular flexibility index (Phi) is 2.74. The van der Waals surface area contributed by atoms with E-state index < -0.39 is 23.6 Å². The fraction of sp³-hybridized carbons (Fsp3) is 0.833. The third kappa shape index (κ3) is 1.88. The van der Waals surface area contributed by atoms with E-state index >= 15 is 0 Å². The van der Waals surface area contributed by atoms with E-state index in [2.05, 4.69) is 5.73 Å². The van der Waals surface area contributed by atoms with Crippen molar-refractivity contribution in [3.05, 3.63) is 0 Å². The minimum atomic E-state index is -4.07. The SMILES string of the molecule is CC(C)(F)C(F)(F)[C@H](N)C(=O)O. The van der Waals surface area contributed by atoms with Crippen LogP contribution in [0.25, 0.3) is 0 Å². The zero-order valence-electron chi connectivity index (χ0n) is 6.64. The average Bonchev–Trinajstić information content (AvgIpc) is 1.83. The zero-order valence-corrected chi connectivity index (χ0v) is 6.64. The van der Waals surface area contributed by atoms with Crippen molar-refractivity contribution in [2.24, 2.45) is 5.73 Å². The number of hydrogen-bond acceptors (Lipinski definition) is 2. The Morgan fingerprint density at radius 3 is 1.83 bits per heavy atom. The number of carboxylic acids is 1. The molecular weight excluding hydrogens is 175 g/mol. The fourth-order valence-corrected chi connectivity index (χ4v) is 0.525. The molecule has 3 N–H and O–H groups in total. The zero-order chi connectivity index (χ0) is 10.2. The first-order valence-electron chi connectivity index (χ1n) is 3.16. The Morgan fingerprint density at radius 1 is 1.42 bits per heavy atom. The summed E-state index contributed by atoms with van der Waals surface area (Å²) >= 11 is 0. The summed E-state index contributed by atoms with van der Waals surface area (Å²) in [6, 6.07) is -2.52. The summed E-state index contributed by atoms with van der Waals surface area (Å²) in [6.45, 7) is 1.16. The second-order valence-corrected chi connectivity index (χ2v) is 2.91. The number of aliphatic carboxylic acids is 1. The smallest absolute Gasteiger partial charge is 0.326 e. The molecule has 0 amide bonds. The van der Waals surface area contributed by atoms with Gasteiger partial charge in [0.25, 0.3) is 0 Å². The molecule has 6 heteroatoms. The van der Waals surface area contributed by atoms with Crippen LogP contribution in [0.2, 0.25) is 0 Å². The lowest BCUT2D eigenvalue weighted by atomic mass is 9.96. The van der Waals surface area contributed by atoms with Crippen LogP contribution in [0.5, 0.6) is 0 Å². The number of halogens is 3. The van der Waals surface area contributed by atoms with Crippen molar-refractivity contribution in [2.75, 3.05) is 0 Å². The molecule has 0 heterocycles. The van der Waals surface area contributed by atoms with Gasteiger partial charge in [-0.3, -0.25) is 4.79 Å². The monoisotopic (exact) mass is 185 g/mol. The van der Waals surface area contributed by atoms with Crippen LogP contribution in [0, 0.1) is 0 Å². The van der Waals surface area contributed by atoms with E-state index in [1.165, 1.54) is 0 Å². The largest absolute Gasteiger partial charge is 0.480 e. The summed E-state index contributed by atoms with van der Waals surface area (Å²) in [6.07, 6.45) is 0. The van der Waals surface area contributed by atoms with E-state index in [1.54, 1.807) is 0 Å². The molecule has 12 heavy (non-hydrogen) atoms. The van der Waals surface area contributed by atoms with Gasteiger partial charge in [-0.1, -0.05) is 0 Å². The van der Waals surface area contributed by atoms with Crippen LogP contribution in [-0.4, -0.2) is 28.7 Å². The molecule has 3 nitrogen and oxygen atoms in total. The minimum Gasteiger partial charge on any atom is -0.480 e. The first-order valence-corrected chi connectivity index (χ1v) is 3.16. The number of nitrogens with two attached hydrogens (primary N) is 1. The van der Waals surface area contributed by atoms with E-state index in [4.69, 9.17) is 5.11 Å². The van der Waals surface area contributed by atoms with Crippen LogP contribution in [0.3, 0.4) is 0 Å². The second-order valence-electron chi connectivity index (χ2n) is 2.91. The molecule has 0 rings (SSSR count). The van der Waals surface area contributed by atoms with Crippen LogP contribution in [0.15, 0.2) is 0 Å². The molecule has 0 bridgehead atoms. The van der Waals surface area contributed by atoms with Crippen LogP contribution in [0.4, 0.5) is 13.2 Å². The number of alkyl halides is 3. The van der Waals surface area contributed by atoms with Crippen LogP contribution >= 0.6 is 0 Å². The summed E-state index contributed by atoms with van der Waals surface area (Å²) in [5.41, 5.74) is 1.65. The molecule has 0 aromatic rings. The molecule has 0 unspecified atom stereocenters. The van der Waals surface area contributed by atoms with Gasteiger partial charge in [0.15, 0.2) is 11.7 Å². The Bertz CT molecular complexity index is 188. The normalized spacial score (nSPS) is 15.8. The predicted octanol–water partition coefficient (Wildman–Crippen LogP) is 0.782. The lowest BCUT2D eigenvalue weighted by Gasteiger charge is -2.29. The predicted molar refractivity (Wildman–Crippen MR) is 35.7 cm³/mol. The standard InChI is InChI=1S/C6H10F3NO2/c1-5(2,7)6(8,9)3(10)4(11)12/h3H,10H2,1-2H3,(H,11,12)/t3-/m1/s1. The quantitative estimate of drug-likeness (QED) is 0.682. The highest BCUT2D eigenvalue weighted by atomic mass is 19.3. The highest BCUT2D eigenvalue weighted by Crippen LogP contribution is 2.33. The van der Waals surface area contributed by atoms with E-state index in [9.17, 15) is 18.0 Å². The van der Waals surface area contributed by atoms with Crippen molar-refractivity contribution in [2.45, 2.75) is 31.5 Å². The van der Waals surface area contributed by atoms with Gasteiger partial charge in [0.2, 0.25) is 0 Å². The maximum absolute atomic E-state index is 12.7. The molecule has 0 saturated carbocycles. The number of carboxylic acid groups (broad SMARTS) is 1. The molecule has 0 aliphatic rings. The van der Waals surface area contributed by atoms with Gasteiger partial charge < -0.3 is 10.8 Å². The van der Waals surface area contributed by atoms with Gasteiger partial charge in [-0.15, -0.1) is 0 Å². The van der Waals surface area contributed by atoms with Gasteiger partial charge >= 0.3 is 11.9 Å². The van der Waals surface area contributed by atoms with Crippen molar-refractivity contribution in [3.63, 3.8) is 0 Å². The summed E-state index contributed by atoms with van der Waals surface area (Å²) in [4.78, 5) is 10.0. The molecule has 0 aromatic carbocycles. The lowest BCUT2D eigenvalue weighted by molar-refractivity contribution is -0.168. The molecular formula is C6H10F3NO2. The van der Waals surface area contributed by atoms with Gasteiger partial charge in [-0.05, 0) is 13.8 Å². The summed E-state index contributed by atoms with van der Waals surface area (Å²) < 4.78 is 38.1. The first kappa shape index (κ1) is 11.2. The maximum Gasteiger partial charge on any atom is 0.326 e. The third-order valence-electron chi connectivity index (χ3n) is 1.45. The number of rotatable bonds is 3. The number of hydrogen-bond donors (Lipinski definition) is 2. The van der Waals surface area contributed by atoms with Gasteiger partial charge in [-0.25, -0.2) is 13.2 Å². The minimum absolute atomic E-state index is 0.579. The summed E-state index contributed by atoms with van der Waals surface area (Å²) in [7, 11) is 0. The fourth-order valence-electron chi connectivity index (χ4n) is 0.525. The van der Waals surface area contributed by atoms with E-state index in [0.717, 1.165) is 0 Å². The Hall–Kier alpha value is -0.780. The average molecular weight is 185 g/mol. The van der Waals surface area contributed by atoms with E-state index in [-0.39, 0.29) is 0 Å². The van der Waals surface area contributed by atoms with Crippen LogP contribution in [-0.2, 0) is 4.79 Å².